The molecule has 0 unspecified atom stereocenters. The Morgan fingerprint density at radius 2 is 1.81 bits per heavy atom. The van der Waals surface area contributed by atoms with Crippen LogP contribution in [0, 0.1) is 0 Å². The number of para-hydroxylation sites is 3. The van der Waals surface area contributed by atoms with Gasteiger partial charge in [0.05, 0.1) is 16.3 Å². The van der Waals surface area contributed by atoms with E-state index in [2.05, 4.69) is 30.4 Å². The molecule has 1 aliphatic heterocycles. The van der Waals surface area contributed by atoms with Gasteiger partial charge in [-0.05, 0) is 36.4 Å². The number of fused-ring (bicyclic) bond motifs is 2. The maximum Gasteiger partial charge on any atom is 0.164 e. The van der Waals surface area contributed by atoms with Gasteiger partial charge in [-0.2, -0.15) is 0 Å². The van der Waals surface area contributed by atoms with Gasteiger partial charge in [-0.3, -0.25) is 0 Å². The molecular formula is C18H21NOS. The monoisotopic (exact) mass is 299 g/mol. The van der Waals surface area contributed by atoms with E-state index in [4.69, 9.17) is 4.74 Å². The van der Waals surface area contributed by atoms with Gasteiger partial charge in [0, 0.05) is 0 Å². The van der Waals surface area contributed by atoms with Gasteiger partial charge in [0.2, 0.25) is 0 Å². The molecule has 3 rings (SSSR count). The molecule has 0 aliphatic carbocycles. The van der Waals surface area contributed by atoms with Crippen LogP contribution in [0.15, 0.2) is 47.4 Å². The van der Waals surface area contributed by atoms with E-state index in [1.165, 1.54) is 30.6 Å². The van der Waals surface area contributed by atoms with E-state index in [1.54, 1.807) is 0 Å². The largest absolute Gasteiger partial charge is 0.452 e. The minimum Gasteiger partial charge on any atom is -0.452 e. The third kappa shape index (κ3) is 3.35. The lowest BCUT2D eigenvalue weighted by Crippen LogP contribution is -2.03. The van der Waals surface area contributed by atoms with Gasteiger partial charge in [0.15, 0.2) is 11.5 Å². The lowest BCUT2D eigenvalue weighted by Gasteiger charge is -2.23. The van der Waals surface area contributed by atoms with Gasteiger partial charge in [-0.1, -0.05) is 44.4 Å². The first-order valence-electron chi connectivity index (χ1n) is 7.68. The predicted octanol–water partition coefficient (Wildman–Crippen LogP) is 6.21. The zero-order chi connectivity index (χ0) is 14.5. The molecule has 2 aromatic rings. The summed E-state index contributed by atoms with van der Waals surface area (Å²) in [5.74, 6) is 3.03. The molecule has 0 fully saturated rings. The molecular weight excluding hydrogens is 278 g/mol. The topological polar surface area (TPSA) is 21.3 Å². The molecule has 0 radical (unpaired) electrons. The highest BCUT2D eigenvalue weighted by atomic mass is 32.2. The maximum absolute atomic E-state index is 6.10. The van der Waals surface area contributed by atoms with Gasteiger partial charge in [-0.15, -0.1) is 11.8 Å². The summed E-state index contributed by atoms with van der Waals surface area (Å²) in [4.78, 5) is 1.23. The molecule has 2 nitrogen and oxygen atoms in total. The Kier molecular flexibility index (Phi) is 4.71. The molecule has 1 N–H and O–H groups in total. The summed E-state index contributed by atoms with van der Waals surface area (Å²) in [6.45, 7) is 2.25. The van der Waals surface area contributed by atoms with E-state index in [1.807, 2.05) is 36.0 Å². The van der Waals surface area contributed by atoms with Crippen LogP contribution in [0.4, 0.5) is 11.4 Å². The van der Waals surface area contributed by atoms with Crippen molar-refractivity contribution in [3.63, 3.8) is 0 Å². The number of ether oxygens (including phenoxy) is 1. The van der Waals surface area contributed by atoms with Crippen LogP contribution in [0.3, 0.4) is 0 Å². The number of nitrogens with one attached hydrogen (secondary N) is 1. The Morgan fingerprint density at radius 1 is 0.952 bits per heavy atom. The lowest BCUT2D eigenvalue weighted by atomic mass is 10.2. The molecule has 0 amide bonds. The molecule has 3 heteroatoms. The summed E-state index contributed by atoms with van der Waals surface area (Å²) in [6.07, 6.45) is 5.21. The first-order chi connectivity index (χ1) is 10.4. The van der Waals surface area contributed by atoms with Crippen molar-refractivity contribution < 1.29 is 4.74 Å². The minimum absolute atomic E-state index is 0.907. The van der Waals surface area contributed by atoms with Crippen LogP contribution in [0.25, 0.3) is 0 Å². The van der Waals surface area contributed by atoms with Crippen molar-refractivity contribution in [3.05, 3.63) is 42.5 Å². The molecule has 0 atom stereocenters. The Hall–Kier alpha value is -1.61. The fraction of sp³-hybridized carbons (Fsp3) is 0.333. The number of hydrogen-bond donors (Lipinski definition) is 1. The Bertz CT molecular complexity index is 612. The molecule has 0 saturated heterocycles. The van der Waals surface area contributed by atoms with Crippen molar-refractivity contribution in [3.8, 4) is 11.5 Å². The molecule has 2 aromatic carbocycles. The van der Waals surface area contributed by atoms with Crippen LogP contribution < -0.4 is 10.1 Å². The van der Waals surface area contributed by atoms with Crippen molar-refractivity contribution in [1.82, 2.24) is 0 Å². The van der Waals surface area contributed by atoms with E-state index < -0.39 is 0 Å². The number of rotatable bonds is 6. The number of benzene rings is 2. The van der Waals surface area contributed by atoms with Gasteiger partial charge >= 0.3 is 0 Å². The highest BCUT2D eigenvalue weighted by Crippen LogP contribution is 2.46. The molecule has 21 heavy (non-hydrogen) atoms. The van der Waals surface area contributed by atoms with E-state index >= 15 is 0 Å². The number of anilines is 2. The summed E-state index contributed by atoms with van der Waals surface area (Å²) in [5.41, 5.74) is 2.10. The summed E-state index contributed by atoms with van der Waals surface area (Å²) >= 11 is 1.90. The fourth-order valence-electron chi connectivity index (χ4n) is 2.46. The van der Waals surface area contributed by atoms with Crippen molar-refractivity contribution in [2.75, 3.05) is 11.1 Å². The second-order valence-corrected chi connectivity index (χ2v) is 6.40. The second kappa shape index (κ2) is 6.90. The van der Waals surface area contributed by atoms with Crippen molar-refractivity contribution in [2.24, 2.45) is 0 Å². The van der Waals surface area contributed by atoms with Crippen molar-refractivity contribution >= 4 is 23.1 Å². The summed E-state index contributed by atoms with van der Waals surface area (Å²) in [6, 6.07) is 14.4. The zero-order valence-corrected chi connectivity index (χ0v) is 13.2. The lowest BCUT2D eigenvalue weighted by molar-refractivity contribution is 0.469. The molecule has 1 aliphatic rings. The van der Waals surface area contributed by atoms with Crippen molar-refractivity contribution in [2.45, 2.75) is 37.5 Å². The summed E-state index contributed by atoms with van der Waals surface area (Å²) < 4.78 is 6.10. The average molecular weight is 299 g/mol. The standard InChI is InChI=1S/C18H21NOS/c1-2-3-4-7-13-21-17-12-8-10-15-18(17)20-16-11-6-5-9-14(16)19-15/h5-6,8-12,19H,2-4,7,13H2,1H3. The van der Waals surface area contributed by atoms with Gasteiger partial charge in [0.25, 0.3) is 0 Å². The predicted molar refractivity (Wildman–Crippen MR) is 91.1 cm³/mol. The molecule has 110 valence electrons. The van der Waals surface area contributed by atoms with Crippen LogP contribution in [0.1, 0.15) is 32.6 Å². The van der Waals surface area contributed by atoms with Gasteiger partial charge in [0.1, 0.15) is 0 Å². The van der Waals surface area contributed by atoms with Crippen molar-refractivity contribution in [1.29, 1.82) is 0 Å². The van der Waals surface area contributed by atoms with Crippen LogP contribution in [0.2, 0.25) is 0 Å². The normalized spacial score (nSPS) is 12.0. The third-order valence-corrected chi connectivity index (χ3v) is 4.73. The summed E-state index contributed by atoms with van der Waals surface area (Å²) in [7, 11) is 0. The Balaban J connectivity index is 1.71. The Labute approximate surface area is 130 Å². The number of unbranched alkanes of at least 4 members (excludes halogenated alkanes) is 3. The minimum atomic E-state index is 0.907. The van der Waals surface area contributed by atoms with E-state index in [0.717, 1.165) is 28.6 Å². The van der Waals surface area contributed by atoms with Crippen LogP contribution in [0.5, 0.6) is 11.5 Å². The quantitative estimate of drug-likeness (QED) is 0.432. The number of hydrogen-bond acceptors (Lipinski definition) is 3. The molecule has 0 spiro atoms. The van der Waals surface area contributed by atoms with Gasteiger partial charge in [-0.25, -0.2) is 0 Å². The molecule has 0 aromatic heterocycles. The molecule has 0 bridgehead atoms. The Morgan fingerprint density at radius 3 is 2.71 bits per heavy atom. The zero-order valence-electron chi connectivity index (χ0n) is 12.4. The van der Waals surface area contributed by atoms with E-state index in [9.17, 15) is 0 Å². The number of thioether (sulfide) groups is 1. The first-order valence-corrected chi connectivity index (χ1v) is 8.67. The molecule has 1 heterocycles. The highest BCUT2D eigenvalue weighted by molar-refractivity contribution is 7.99. The highest BCUT2D eigenvalue weighted by Gasteiger charge is 2.18. The van der Waals surface area contributed by atoms with E-state index in [-0.39, 0.29) is 0 Å². The third-order valence-electron chi connectivity index (χ3n) is 3.60. The molecule has 0 saturated carbocycles. The smallest absolute Gasteiger partial charge is 0.164 e. The maximum atomic E-state index is 6.10. The fourth-order valence-corrected chi connectivity index (χ4v) is 3.48. The van der Waals surface area contributed by atoms with Crippen LogP contribution in [-0.2, 0) is 0 Å². The van der Waals surface area contributed by atoms with Crippen LogP contribution in [-0.4, -0.2) is 5.75 Å². The second-order valence-electron chi connectivity index (χ2n) is 5.27. The summed E-state index contributed by atoms with van der Waals surface area (Å²) in [5, 5.41) is 3.45. The van der Waals surface area contributed by atoms with Gasteiger partial charge < -0.3 is 10.1 Å². The van der Waals surface area contributed by atoms with Crippen LogP contribution >= 0.6 is 11.8 Å². The average Bonchev–Trinajstić information content (AvgIpc) is 2.53. The SMILES string of the molecule is CCCCCCSc1cccc2c1Oc1ccccc1N2. The first kappa shape index (κ1) is 14.3. The van der Waals surface area contributed by atoms with E-state index in [0.29, 0.717) is 0 Å².